The minimum absolute atomic E-state index is 0.000325. The minimum atomic E-state index is -2.61. The normalized spacial score (nSPS) is 14.1. The van der Waals surface area contributed by atoms with Gasteiger partial charge in [0.15, 0.2) is 0 Å². The van der Waals surface area contributed by atoms with Crippen molar-refractivity contribution in [2.75, 3.05) is 6.61 Å². The van der Waals surface area contributed by atoms with Crippen LogP contribution in [-0.4, -0.2) is 27.0 Å². The molecule has 0 aliphatic carbocycles. The van der Waals surface area contributed by atoms with Gasteiger partial charge in [0.2, 0.25) is 0 Å². The maximum atomic E-state index is 11.9. The van der Waals surface area contributed by atoms with E-state index in [1.54, 1.807) is 6.92 Å². The molecule has 0 unspecified atom stereocenters. The number of rotatable bonds is 9. The van der Waals surface area contributed by atoms with Crippen LogP contribution in [0, 0.1) is 5.92 Å². The average molecular weight is 425 g/mol. The molecule has 0 radical (unpaired) electrons. The summed E-state index contributed by atoms with van der Waals surface area (Å²) in [7, 11) is -2.61. The number of carbonyl (C=O) groups excluding carboxylic acids is 1. The van der Waals surface area contributed by atoms with E-state index in [2.05, 4.69) is 82.8 Å². The number of hydrogen-bond acceptors (Lipinski definition) is 3. The van der Waals surface area contributed by atoms with Crippen molar-refractivity contribution in [1.29, 1.82) is 0 Å². The molecule has 0 bridgehead atoms. The fraction of sp³-hybridized carbons (Fsp3) is 0.423. The zero-order valence-electron chi connectivity index (χ0n) is 19.3. The fourth-order valence-corrected chi connectivity index (χ4v) is 8.70. The summed E-state index contributed by atoms with van der Waals surface area (Å²) in [5.41, 5.74) is 0.843. The van der Waals surface area contributed by atoms with E-state index in [-0.39, 0.29) is 23.0 Å². The number of esters is 1. The standard InChI is InChI=1S/C26H36O3Si/c1-8-24(27)29-25(20(2)3)21(4)19-28-30(26(5,6)7,22-15-11-9-12-16-22)23-17-13-10-14-18-23/h9-18,21,25H,2,8,19H2,1,3-7H3/t21-,25-/m1/s1. The maximum Gasteiger partial charge on any atom is 0.306 e. The van der Waals surface area contributed by atoms with Crippen molar-refractivity contribution in [3.63, 3.8) is 0 Å². The predicted octanol–water partition coefficient (Wildman–Crippen LogP) is 5.10. The molecule has 0 aliphatic rings. The largest absolute Gasteiger partial charge is 0.457 e. The summed E-state index contributed by atoms with van der Waals surface area (Å²) < 4.78 is 12.7. The van der Waals surface area contributed by atoms with E-state index >= 15 is 0 Å². The van der Waals surface area contributed by atoms with Crippen LogP contribution in [-0.2, 0) is 14.0 Å². The van der Waals surface area contributed by atoms with Crippen LogP contribution < -0.4 is 10.4 Å². The Kier molecular flexibility index (Phi) is 8.22. The van der Waals surface area contributed by atoms with Crippen molar-refractivity contribution in [3.8, 4) is 0 Å². The highest BCUT2D eigenvalue weighted by Gasteiger charge is 2.50. The van der Waals surface area contributed by atoms with Crippen LogP contribution in [0.3, 0.4) is 0 Å². The van der Waals surface area contributed by atoms with Crippen molar-refractivity contribution < 1.29 is 14.0 Å². The summed E-state index contributed by atoms with van der Waals surface area (Å²) in [5.74, 6) is -0.208. The van der Waals surface area contributed by atoms with Gasteiger partial charge in [-0.05, 0) is 27.9 Å². The van der Waals surface area contributed by atoms with Gasteiger partial charge in [-0.3, -0.25) is 4.79 Å². The van der Waals surface area contributed by atoms with Gasteiger partial charge in [-0.2, -0.15) is 0 Å². The molecular weight excluding hydrogens is 388 g/mol. The number of hydrogen-bond donors (Lipinski definition) is 0. The zero-order valence-corrected chi connectivity index (χ0v) is 20.3. The van der Waals surface area contributed by atoms with Crippen molar-refractivity contribution in [2.45, 2.75) is 59.1 Å². The molecule has 0 aromatic heterocycles. The summed E-state index contributed by atoms with van der Waals surface area (Å²) in [5, 5.41) is 2.40. The van der Waals surface area contributed by atoms with Crippen LogP contribution in [0.5, 0.6) is 0 Å². The van der Waals surface area contributed by atoms with Crippen LogP contribution in [0.1, 0.15) is 48.0 Å². The van der Waals surface area contributed by atoms with Crippen LogP contribution >= 0.6 is 0 Å². The van der Waals surface area contributed by atoms with Gasteiger partial charge in [-0.25, -0.2) is 0 Å². The Bertz CT molecular complexity index is 785. The van der Waals surface area contributed by atoms with E-state index in [4.69, 9.17) is 9.16 Å². The van der Waals surface area contributed by atoms with E-state index in [0.717, 1.165) is 5.57 Å². The van der Waals surface area contributed by atoms with Crippen molar-refractivity contribution in [3.05, 3.63) is 72.8 Å². The molecule has 2 rings (SSSR count). The lowest BCUT2D eigenvalue weighted by Gasteiger charge is -2.44. The van der Waals surface area contributed by atoms with Gasteiger partial charge in [0.05, 0.1) is 0 Å². The van der Waals surface area contributed by atoms with Crippen LogP contribution in [0.15, 0.2) is 72.8 Å². The number of ether oxygens (including phenoxy) is 1. The summed E-state index contributed by atoms with van der Waals surface area (Å²) >= 11 is 0. The average Bonchev–Trinajstić information content (AvgIpc) is 2.72. The molecule has 0 saturated heterocycles. The quantitative estimate of drug-likeness (QED) is 0.319. The Morgan fingerprint density at radius 2 is 1.47 bits per heavy atom. The van der Waals surface area contributed by atoms with Crippen molar-refractivity contribution in [2.24, 2.45) is 5.92 Å². The highest BCUT2D eigenvalue weighted by atomic mass is 28.4. The third kappa shape index (κ3) is 5.30. The number of carbonyl (C=O) groups is 1. The Hall–Kier alpha value is -2.17. The smallest absolute Gasteiger partial charge is 0.306 e. The van der Waals surface area contributed by atoms with Crippen LogP contribution in [0.25, 0.3) is 0 Å². The lowest BCUT2D eigenvalue weighted by atomic mass is 10.0. The molecular formula is C26H36O3Si. The Morgan fingerprint density at radius 1 is 1.00 bits per heavy atom. The van der Waals surface area contributed by atoms with Gasteiger partial charge in [0, 0.05) is 18.9 Å². The fourth-order valence-electron chi connectivity index (χ4n) is 4.03. The monoisotopic (exact) mass is 424 g/mol. The molecule has 0 fully saturated rings. The second-order valence-electron chi connectivity index (χ2n) is 9.06. The minimum Gasteiger partial charge on any atom is -0.457 e. The van der Waals surface area contributed by atoms with Crippen molar-refractivity contribution in [1.82, 2.24) is 0 Å². The third-order valence-corrected chi connectivity index (χ3v) is 10.5. The van der Waals surface area contributed by atoms with Gasteiger partial charge >= 0.3 is 5.97 Å². The lowest BCUT2D eigenvalue weighted by molar-refractivity contribution is -0.149. The highest BCUT2D eigenvalue weighted by molar-refractivity contribution is 6.99. The summed E-state index contributed by atoms with van der Waals surface area (Å²) in [6.45, 7) is 17.1. The second kappa shape index (κ2) is 10.2. The molecule has 0 aliphatic heterocycles. The molecule has 30 heavy (non-hydrogen) atoms. The van der Waals surface area contributed by atoms with Crippen LogP contribution in [0.4, 0.5) is 0 Å². The van der Waals surface area contributed by atoms with E-state index in [1.807, 2.05) is 19.1 Å². The SMILES string of the molecule is C=C(C)[C@@H](OC(=O)CC)[C@H](C)CO[Si](c1ccccc1)(c1ccccc1)C(C)(C)C. The topological polar surface area (TPSA) is 35.5 Å². The molecule has 0 saturated carbocycles. The molecule has 162 valence electrons. The molecule has 0 amide bonds. The molecule has 0 spiro atoms. The zero-order chi connectivity index (χ0) is 22.4. The highest BCUT2D eigenvalue weighted by Crippen LogP contribution is 2.37. The molecule has 0 heterocycles. The maximum absolute atomic E-state index is 11.9. The first kappa shape index (κ1) is 24.1. The molecule has 3 nitrogen and oxygen atoms in total. The van der Waals surface area contributed by atoms with Gasteiger partial charge in [0.25, 0.3) is 8.32 Å². The van der Waals surface area contributed by atoms with Crippen LogP contribution in [0.2, 0.25) is 5.04 Å². The molecule has 2 atom stereocenters. The molecule has 2 aromatic rings. The van der Waals surface area contributed by atoms with Gasteiger partial charge in [-0.1, -0.05) is 102 Å². The number of benzene rings is 2. The van der Waals surface area contributed by atoms with E-state index in [9.17, 15) is 4.79 Å². The summed E-state index contributed by atoms with van der Waals surface area (Å²) in [6, 6.07) is 21.1. The molecule has 2 aromatic carbocycles. The Morgan fingerprint density at radius 3 is 1.83 bits per heavy atom. The van der Waals surface area contributed by atoms with Gasteiger partial charge < -0.3 is 9.16 Å². The summed E-state index contributed by atoms with van der Waals surface area (Å²) in [4.78, 5) is 11.9. The molecule has 0 N–H and O–H groups in total. The van der Waals surface area contributed by atoms with E-state index in [0.29, 0.717) is 13.0 Å². The first-order valence-corrected chi connectivity index (χ1v) is 12.6. The Balaban J connectivity index is 2.46. The third-order valence-electron chi connectivity index (χ3n) is 5.53. The van der Waals surface area contributed by atoms with Gasteiger partial charge in [0.1, 0.15) is 6.10 Å². The second-order valence-corrected chi connectivity index (χ2v) is 13.4. The summed E-state index contributed by atoms with van der Waals surface area (Å²) in [6.07, 6.45) is 0.00200. The van der Waals surface area contributed by atoms with E-state index in [1.165, 1.54) is 10.4 Å². The first-order chi connectivity index (χ1) is 14.1. The van der Waals surface area contributed by atoms with Crippen molar-refractivity contribution >= 4 is 24.7 Å². The van der Waals surface area contributed by atoms with Gasteiger partial charge in [-0.15, -0.1) is 0 Å². The molecule has 4 heteroatoms. The lowest BCUT2D eigenvalue weighted by Crippen LogP contribution is -2.67. The first-order valence-electron chi connectivity index (χ1n) is 10.7. The Labute approximate surface area is 183 Å². The van der Waals surface area contributed by atoms with E-state index < -0.39 is 8.32 Å². The predicted molar refractivity (Wildman–Crippen MR) is 128 cm³/mol.